The Kier molecular flexibility index (Phi) is 8.07. The van der Waals surface area contributed by atoms with Gasteiger partial charge in [0.15, 0.2) is 5.58 Å². The van der Waals surface area contributed by atoms with E-state index in [4.69, 9.17) is 18.8 Å². The number of oxazole rings is 1. The van der Waals surface area contributed by atoms with Crippen LogP contribution in [0.5, 0.6) is 5.75 Å². The highest BCUT2D eigenvalue weighted by Crippen LogP contribution is 2.42. The van der Waals surface area contributed by atoms with Crippen molar-refractivity contribution in [2.75, 3.05) is 0 Å². The van der Waals surface area contributed by atoms with Crippen molar-refractivity contribution in [2.24, 2.45) is 10.9 Å². The largest absolute Gasteiger partial charge is 0.507 e. The molecule has 252 valence electrons. The molecule has 0 unspecified atom stereocenters. The number of hydrogen-bond acceptors (Lipinski definition) is 5. The van der Waals surface area contributed by atoms with Gasteiger partial charge in [0.25, 0.3) is 0 Å². The Hall–Kier alpha value is -5.94. The van der Waals surface area contributed by atoms with Crippen molar-refractivity contribution >= 4 is 44.9 Å². The van der Waals surface area contributed by atoms with Crippen molar-refractivity contribution in [1.82, 2.24) is 4.98 Å². The van der Waals surface area contributed by atoms with Crippen molar-refractivity contribution in [3.63, 3.8) is 0 Å². The number of rotatable bonds is 7. The quantitative estimate of drug-likeness (QED) is 0.172. The van der Waals surface area contributed by atoms with Crippen molar-refractivity contribution in [3.8, 4) is 39.5 Å². The number of hydrogen-bond donors (Lipinski definition) is 1. The van der Waals surface area contributed by atoms with Crippen LogP contribution in [0.3, 0.4) is 0 Å². The molecule has 6 aromatic carbocycles. The molecule has 1 N–H and O–H groups in total. The maximum absolute atomic E-state index is 10.7. The fraction of sp³-hybridized carbons (Fsp3) is 0.174. The summed E-state index contributed by atoms with van der Waals surface area (Å²) < 4.78 is 13.2. The Morgan fingerprint density at radius 2 is 1.47 bits per heavy atom. The van der Waals surface area contributed by atoms with E-state index in [2.05, 4.69) is 95.3 Å². The maximum atomic E-state index is 10.7. The summed E-state index contributed by atoms with van der Waals surface area (Å²) in [6, 6.07) is 41.0. The van der Waals surface area contributed by atoms with Crippen molar-refractivity contribution in [3.05, 3.63) is 138 Å². The third-order valence-corrected chi connectivity index (χ3v) is 9.46. The van der Waals surface area contributed by atoms with E-state index in [0.717, 1.165) is 67.3 Å². The van der Waals surface area contributed by atoms with Gasteiger partial charge in [-0.15, -0.1) is 0 Å². The van der Waals surface area contributed by atoms with E-state index < -0.39 is 0 Å². The zero-order chi connectivity index (χ0) is 35.3. The van der Waals surface area contributed by atoms with Crippen LogP contribution in [-0.4, -0.2) is 16.3 Å². The first kappa shape index (κ1) is 32.3. The first-order valence-electron chi connectivity index (χ1n) is 17.5. The van der Waals surface area contributed by atoms with Crippen LogP contribution in [0.15, 0.2) is 135 Å². The molecule has 5 heteroatoms. The molecule has 2 aromatic heterocycles. The second-order valence-electron chi connectivity index (χ2n) is 14.8. The number of nitrogens with zero attached hydrogens (tertiary/aromatic N) is 2. The monoisotopic (exact) mass is 668 g/mol. The van der Waals surface area contributed by atoms with Gasteiger partial charge in [0.2, 0.25) is 5.89 Å². The van der Waals surface area contributed by atoms with E-state index in [9.17, 15) is 5.11 Å². The summed E-state index contributed by atoms with van der Waals surface area (Å²) >= 11 is 0. The van der Waals surface area contributed by atoms with Gasteiger partial charge in [0.1, 0.15) is 22.4 Å². The van der Waals surface area contributed by atoms with Gasteiger partial charge >= 0.3 is 0 Å². The minimum absolute atomic E-state index is 0.0641. The molecule has 0 spiro atoms. The molecule has 5 nitrogen and oxygen atoms in total. The molecule has 0 aliphatic heterocycles. The number of aromatic nitrogens is 1. The molecular weight excluding hydrogens is 629 g/mol. The summed E-state index contributed by atoms with van der Waals surface area (Å²) in [4.78, 5) is 10.0. The summed E-state index contributed by atoms with van der Waals surface area (Å²) in [6.45, 7) is 10.9. The van der Waals surface area contributed by atoms with E-state index >= 15 is 0 Å². The van der Waals surface area contributed by atoms with Gasteiger partial charge in [0, 0.05) is 33.7 Å². The van der Waals surface area contributed by atoms with E-state index in [0.29, 0.717) is 28.6 Å². The molecule has 2 heterocycles. The molecular formula is C46H40N2O3. The summed E-state index contributed by atoms with van der Waals surface area (Å²) in [6.07, 6.45) is 2.71. The van der Waals surface area contributed by atoms with Crippen LogP contribution in [0.4, 0.5) is 5.69 Å². The zero-order valence-electron chi connectivity index (χ0n) is 29.6. The van der Waals surface area contributed by atoms with Crippen LogP contribution in [0.25, 0.3) is 66.7 Å². The normalized spacial score (nSPS) is 12.3. The molecule has 8 aromatic rings. The number of fused-ring (bicyclic) bond motifs is 4. The summed E-state index contributed by atoms with van der Waals surface area (Å²) in [5, 5.41) is 12.8. The van der Waals surface area contributed by atoms with Crippen LogP contribution in [0.1, 0.15) is 51.3 Å². The van der Waals surface area contributed by atoms with E-state index in [1.54, 1.807) is 12.3 Å². The minimum atomic E-state index is -0.0641. The van der Waals surface area contributed by atoms with Gasteiger partial charge in [-0.25, -0.2) is 4.98 Å². The smallest absolute Gasteiger partial charge is 0.229 e. The van der Waals surface area contributed by atoms with Crippen molar-refractivity contribution in [2.45, 2.75) is 46.5 Å². The third-order valence-electron chi connectivity index (χ3n) is 9.46. The standard InChI is InChI=1S/C46H40N2O3/c1-28(2)22-29-12-10-13-30(23-29)31-25-38(36-17-11-16-35-34-14-7-9-19-41(34)50-44(35)36)43-42(26-31)51-45(48-43)37-15-6-8-18-39(37)47-27-32-24-33(46(3,4)5)20-21-40(32)49/h6-21,23-28,49H,22H2,1-5H3. The lowest BCUT2D eigenvalue weighted by molar-refractivity contribution is 0.473. The Bertz CT molecular complexity index is 2600. The SMILES string of the molecule is CC(C)Cc1cccc(-c2cc(-c3cccc4c3oc3ccccc34)c3nc(-c4ccccc4N=Cc4cc(C(C)(C)C)ccc4O)oc3c2)c1. The number of aliphatic imine (C=N–C) groups is 1. The molecule has 0 atom stereocenters. The Morgan fingerprint density at radius 1 is 0.706 bits per heavy atom. The Balaban J connectivity index is 1.30. The average Bonchev–Trinajstić information content (AvgIpc) is 3.72. The first-order chi connectivity index (χ1) is 24.6. The highest BCUT2D eigenvalue weighted by Gasteiger charge is 2.21. The van der Waals surface area contributed by atoms with Crippen LogP contribution in [0, 0.1) is 5.92 Å². The van der Waals surface area contributed by atoms with Crippen LogP contribution < -0.4 is 0 Å². The van der Waals surface area contributed by atoms with Gasteiger partial charge < -0.3 is 13.9 Å². The summed E-state index contributed by atoms with van der Waals surface area (Å²) in [7, 11) is 0. The number of para-hydroxylation sites is 3. The molecule has 0 saturated heterocycles. The fourth-order valence-corrected chi connectivity index (χ4v) is 6.86. The molecule has 0 amide bonds. The molecule has 0 fully saturated rings. The molecule has 8 rings (SSSR count). The summed E-state index contributed by atoms with van der Waals surface area (Å²) in [5.74, 6) is 1.20. The van der Waals surface area contributed by atoms with E-state index in [1.807, 2.05) is 54.6 Å². The highest BCUT2D eigenvalue weighted by atomic mass is 16.3. The van der Waals surface area contributed by atoms with Gasteiger partial charge in [-0.05, 0) is 82.5 Å². The van der Waals surface area contributed by atoms with Gasteiger partial charge in [-0.2, -0.15) is 0 Å². The lowest BCUT2D eigenvalue weighted by atomic mass is 9.86. The number of aromatic hydroxyl groups is 1. The second-order valence-corrected chi connectivity index (χ2v) is 14.8. The highest BCUT2D eigenvalue weighted by molar-refractivity contribution is 6.12. The number of phenolic OH excluding ortho intramolecular Hbond substituents is 1. The fourth-order valence-electron chi connectivity index (χ4n) is 6.86. The molecule has 0 aliphatic carbocycles. The van der Waals surface area contributed by atoms with Gasteiger partial charge in [0.05, 0.1) is 11.3 Å². The maximum Gasteiger partial charge on any atom is 0.229 e. The lowest BCUT2D eigenvalue weighted by Crippen LogP contribution is -2.11. The summed E-state index contributed by atoms with van der Waals surface area (Å²) in [5.41, 5.74) is 11.6. The van der Waals surface area contributed by atoms with E-state index in [1.165, 1.54) is 5.56 Å². The predicted molar refractivity (Wildman–Crippen MR) is 210 cm³/mol. The number of benzene rings is 6. The van der Waals surface area contributed by atoms with Gasteiger partial charge in [-0.3, -0.25) is 4.99 Å². The molecule has 0 bridgehead atoms. The average molecular weight is 669 g/mol. The zero-order valence-corrected chi connectivity index (χ0v) is 29.6. The Labute approximate surface area is 297 Å². The van der Waals surface area contributed by atoms with Crippen LogP contribution in [-0.2, 0) is 11.8 Å². The topological polar surface area (TPSA) is 71.8 Å². The molecule has 0 radical (unpaired) electrons. The molecule has 0 saturated carbocycles. The van der Waals surface area contributed by atoms with Crippen molar-refractivity contribution in [1.29, 1.82) is 0 Å². The van der Waals surface area contributed by atoms with E-state index in [-0.39, 0.29) is 11.2 Å². The Morgan fingerprint density at radius 3 is 2.31 bits per heavy atom. The molecule has 51 heavy (non-hydrogen) atoms. The lowest BCUT2D eigenvalue weighted by Gasteiger charge is -2.19. The molecule has 0 aliphatic rings. The van der Waals surface area contributed by atoms with Crippen molar-refractivity contribution < 1.29 is 13.9 Å². The third kappa shape index (κ3) is 6.21. The second kappa shape index (κ2) is 12.7. The van der Waals surface area contributed by atoms with Crippen LogP contribution in [0.2, 0.25) is 0 Å². The van der Waals surface area contributed by atoms with Gasteiger partial charge in [-0.1, -0.05) is 113 Å². The number of phenols is 1. The first-order valence-corrected chi connectivity index (χ1v) is 17.5. The minimum Gasteiger partial charge on any atom is -0.507 e. The number of furan rings is 1. The van der Waals surface area contributed by atoms with Crippen LogP contribution >= 0.6 is 0 Å². The predicted octanol–water partition coefficient (Wildman–Crippen LogP) is 12.7.